The number of nitrogen functional groups attached to an aromatic ring is 1. The third-order valence-electron chi connectivity index (χ3n) is 2.98. The summed E-state index contributed by atoms with van der Waals surface area (Å²) in [5, 5.41) is 0. The molecule has 21 heavy (non-hydrogen) atoms. The summed E-state index contributed by atoms with van der Waals surface area (Å²) in [5.41, 5.74) is 4.46. The normalized spacial score (nSPS) is 12.3. The molecular formula is C13H21F2N3O2S. The zero-order valence-corrected chi connectivity index (χ0v) is 13.3. The van der Waals surface area contributed by atoms with Crippen molar-refractivity contribution >= 4 is 15.7 Å². The molecule has 1 aromatic rings. The molecule has 1 rings (SSSR count). The quantitative estimate of drug-likeness (QED) is 0.773. The first-order valence-electron chi connectivity index (χ1n) is 6.60. The topological polar surface area (TPSA) is 66.6 Å². The molecule has 0 spiro atoms. The number of likely N-dealkylation sites (N-methyl/N-ethyl adjacent to an activating group) is 1. The van der Waals surface area contributed by atoms with Gasteiger partial charge in [-0.3, -0.25) is 0 Å². The van der Waals surface area contributed by atoms with E-state index in [9.17, 15) is 17.2 Å². The van der Waals surface area contributed by atoms with E-state index in [0.717, 1.165) is 12.1 Å². The van der Waals surface area contributed by atoms with Crippen molar-refractivity contribution in [3.63, 3.8) is 0 Å². The van der Waals surface area contributed by atoms with Crippen molar-refractivity contribution in [3.05, 3.63) is 23.8 Å². The van der Waals surface area contributed by atoms with Crippen LogP contribution in [0.4, 0.5) is 14.5 Å². The molecule has 5 nitrogen and oxygen atoms in total. The van der Waals surface area contributed by atoms with E-state index in [4.69, 9.17) is 5.73 Å². The Morgan fingerprint density at radius 1 is 1.14 bits per heavy atom. The molecule has 0 amide bonds. The number of anilines is 1. The smallest absolute Gasteiger partial charge is 0.246 e. The molecule has 0 saturated heterocycles. The molecule has 2 N–H and O–H groups in total. The highest BCUT2D eigenvalue weighted by Crippen LogP contribution is 2.25. The van der Waals surface area contributed by atoms with Gasteiger partial charge in [-0.2, -0.15) is 4.31 Å². The van der Waals surface area contributed by atoms with Gasteiger partial charge in [0, 0.05) is 19.6 Å². The van der Waals surface area contributed by atoms with E-state index in [2.05, 4.69) is 0 Å². The molecule has 0 aliphatic heterocycles. The summed E-state index contributed by atoms with van der Waals surface area (Å²) < 4.78 is 53.3. The van der Waals surface area contributed by atoms with E-state index in [1.54, 1.807) is 0 Å². The molecule has 0 saturated carbocycles. The van der Waals surface area contributed by atoms with Crippen LogP contribution in [0, 0.1) is 11.6 Å². The average molecular weight is 321 g/mol. The number of halogens is 2. The van der Waals surface area contributed by atoms with Gasteiger partial charge in [-0.25, -0.2) is 17.2 Å². The minimum atomic E-state index is -4.04. The average Bonchev–Trinajstić information content (AvgIpc) is 2.40. The summed E-state index contributed by atoms with van der Waals surface area (Å²) in [4.78, 5) is 1.24. The predicted octanol–water partition coefficient (Wildman–Crippen LogP) is 1.51. The lowest BCUT2D eigenvalue weighted by Crippen LogP contribution is -2.37. The Morgan fingerprint density at radius 3 is 2.29 bits per heavy atom. The van der Waals surface area contributed by atoms with Crippen molar-refractivity contribution in [2.45, 2.75) is 18.2 Å². The molecule has 0 unspecified atom stereocenters. The number of rotatable bonds is 7. The number of nitrogens with two attached hydrogens (primary N) is 1. The minimum Gasteiger partial charge on any atom is -0.394 e. The molecule has 0 aliphatic carbocycles. The van der Waals surface area contributed by atoms with Crippen molar-refractivity contribution in [2.75, 3.05) is 39.5 Å². The van der Waals surface area contributed by atoms with Crippen molar-refractivity contribution < 1.29 is 17.2 Å². The first-order valence-corrected chi connectivity index (χ1v) is 8.04. The number of benzene rings is 1. The van der Waals surface area contributed by atoms with Crippen LogP contribution in [0.2, 0.25) is 0 Å². The Morgan fingerprint density at radius 2 is 1.76 bits per heavy atom. The summed E-state index contributed by atoms with van der Waals surface area (Å²) in [7, 11) is -0.418. The highest BCUT2D eigenvalue weighted by molar-refractivity contribution is 7.89. The number of sulfonamides is 1. The first kappa shape index (κ1) is 17.8. The summed E-state index contributed by atoms with van der Waals surface area (Å²) >= 11 is 0. The van der Waals surface area contributed by atoms with Crippen LogP contribution < -0.4 is 5.73 Å². The first-order chi connectivity index (χ1) is 9.71. The maximum atomic E-state index is 14.0. The number of hydrogen-bond acceptors (Lipinski definition) is 4. The highest BCUT2D eigenvalue weighted by Gasteiger charge is 2.28. The maximum Gasteiger partial charge on any atom is 0.246 e. The van der Waals surface area contributed by atoms with Crippen molar-refractivity contribution in [2.24, 2.45) is 0 Å². The van der Waals surface area contributed by atoms with Gasteiger partial charge >= 0.3 is 0 Å². The lowest BCUT2D eigenvalue weighted by Gasteiger charge is -2.23. The Bertz CT molecular complexity index is 591. The van der Waals surface area contributed by atoms with Crippen LogP contribution in [-0.2, 0) is 10.0 Å². The molecule has 0 radical (unpaired) electrons. The van der Waals surface area contributed by atoms with E-state index >= 15 is 0 Å². The van der Waals surface area contributed by atoms with Gasteiger partial charge in [-0.1, -0.05) is 6.92 Å². The SMILES string of the molecule is CCCN(CCN(C)C)S(=O)(=O)c1ccc(F)c(N)c1F. The standard InChI is InChI=1S/C13H21F2N3O2S/c1-4-7-18(9-8-17(2)3)21(19,20)11-6-5-10(14)13(16)12(11)15/h5-6H,4,7-9,16H2,1-3H3. The zero-order chi connectivity index (χ0) is 16.2. The summed E-state index contributed by atoms with van der Waals surface area (Å²) in [6.07, 6.45) is 0.588. The van der Waals surface area contributed by atoms with Crippen LogP contribution in [0.3, 0.4) is 0 Å². The molecule has 0 aromatic heterocycles. The van der Waals surface area contributed by atoms with Crippen LogP contribution >= 0.6 is 0 Å². The zero-order valence-electron chi connectivity index (χ0n) is 12.4. The summed E-state index contributed by atoms with van der Waals surface area (Å²) in [5.74, 6) is -2.21. The van der Waals surface area contributed by atoms with Crippen LogP contribution in [0.25, 0.3) is 0 Å². The van der Waals surface area contributed by atoms with Gasteiger partial charge in [0.25, 0.3) is 0 Å². The van der Waals surface area contributed by atoms with E-state index in [1.165, 1.54) is 4.31 Å². The molecule has 0 aliphatic rings. The largest absolute Gasteiger partial charge is 0.394 e. The van der Waals surface area contributed by atoms with Crippen LogP contribution in [0.5, 0.6) is 0 Å². The molecule has 120 valence electrons. The second-order valence-corrected chi connectivity index (χ2v) is 6.89. The summed E-state index contributed by atoms with van der Waals surface area (Å²) in [6, 6.07) is 1.77. The fourth-order valence-corrected chi connectivity index (χ4v) is 3.40. The van der Waals surface area contributed by atoms with Gasteiger partial charge in [-0.05, 0) is 32.6 Å². The van der Waals surface area contributed by atoms with Crippen molar-refractivity contribution in [1.29, 1.82) is 0 Å². The Kier molecular flexibility index (Phi) is 6.06. The van der Waals surface area contributed by atoms with E-state index < -0.39 is 32.2 Å². The second-order valence-electron chi connectivity index (χ2n) is 4.98. The fraction of sp³-hybridized carbons (Fsp3) is 0.538. The predicted molar refractivity (Wildman–Crippen MR) is 78.4 cm³/mol. The third-order valence-corrected chi connectivity index (χ3v) is 4.89. The van der Waals surface area contributed by atoms with Crippen molar-refractivity contribution in [3.8, 4) is 0 Å². The van der Waals surface area contributed by atoms with E-state index in [-0.39, 0.29) is 13.1 Å². The monoisotopic (exact) mass is 321 g/mol. The molecule has 1 aromatic carbocycles. The molecule has 0 bridgehead atoms. The van der Waals surface area contributed by atoms with E-state index in [0.29, 0.717) is 13.0 Å². The molecule has 0 atom stereocenters. The Hall–Kier alpha value is -1.25. The molecular weight excluding hydrogens is 300 g/mol. The Labute approximate surface area is 124 Å². The maximum absolute atomic E-state index is 14.0. The highest BCUT2D eigenvalue weighted by atomic mass is 32.2. The second kappa shape index (κ2) is 7.15. The minimum absolute atomic E-state index is 0.222. The van der Waals surface area contributed by atoms with Crippen LogP contribution in [0.15, 0.2) is 17.0 Å². The molecule has 0 fully saturated rings. The molecule has 8 heteroatoms. The van der Waals surface area contributed by atoms with Gasteiger partial charge in [0.2, 0.25) is 10.0 Å². The van der Waals surface area contributed by atoms with Gasteiger partial charge in [0.05, 0.1) is 0 Å². The summed E-state index contributed by atoms with van der Waals surface area (Å²) in [6.45, 7) is 2.80. The van der Waals surface area contributed by atoms with Gasteiger partial charge in [-0.15, -0.1) is 0 Å². The molecule has 0 heterocycles. The lowest BCUT2D eigenvalue weighted by atomic mass is 10.3. The fourth-order valence-electron chi connectivity index (χ4n) is 1.80. The van der Waals surface area contributed by atoms with Gasteiger partial charge in [0.1, 0.15) is 16.4 Å². The van der Waals surface area contributed by atoms with Crippen LogP contribution in [0.1, 0.15) is 13.3 Å². The number of hydrogen-bond donors (Lipinski definition) is 1. The van der Waals surface area contributed by atoms with Gasteiger partial charge in [0.15, 0.2) is 5.82 Å². The lowest BCUT2D eigenvalue weighted by molar-refractivity contribution is 0.332. The third kappa shape index (κ3) is 4.12. The Balaban J connectivity index is 3.20. The van der Waals surface area contributed by atoms with Crippen molar-refractivity contribution in [1.82, 2.24) is 9.21 Å². The number of nitrogens with zero attached hydrogens (tertiary/aromatic N) is 2. The van der Waals surface area contributed by atoms with E-state index in [1.807, 2.05) is 25.9 Å². The van der Waals surface area contributed by atoms with Crippen LogP contribution in [-0.4, -0.2) is 51.4 Å². The van der Waals surface area contributed by atoms with Gasteiger partial charge < -0.3 is 10.6 Å².